The van der Waals surface area contributed by atoms with Crippen LogP contribution in [-0.4, -0.2) is 48.8 Å². The van der Waals surface area contributed by atoms with Crippen molar-refractivity contribution >= 4 is 12.2 Å². The first kappa shape index (κ1) is 17.7. The van der Waals surface area contributed by atoms with Gasteiger partial charge in [-0.1, -0.05) is 24.3 Å². The molecule has 22 heavy (non-hydrogen) atoms. The van der Waals surface area contributed by atoms with Crippen molar-refractivity contribution in [3.05, 3.63) is 35.4 Å². The van der Waals surface area contributed by atoms with Crippen molar-refractivity contribution in [3.63, 3.8) is 0 Å². The zero-order chi connectivity index (χ0) is 16.2. The van der Waals surface area contributed by atoms with E-state index in [1.54, 1.807) is 6.07 Å². The number of ether oxygens (including phenoxy) is 2. The van der Waals surface area contributed by atoms with Crippen molar-refractivity contribution in [3.8, 4) is 0 Å². The van der Waals surface area contributed by atoms with Gasteiger partial charge in [-0.3, -0.25) is 0 Å². The van der Waals surface area contributed by atoms with E-state index in [-0.39, 0.29) is 39.5 Å². The zero-order valence-electron chi connectivity index (χ0n) is 12.1. The van der Waals surface area contributed by atoms with Crippen LogP contribution in [0.3, 0.4) is 0 Å². The molecule has 0 fully saturated rings. The Kier molecular flexibility index (Phi) is 8.39. The van der Waals surface area contributed by atoms with Gasteiger partial charge in [0.05, 0.1) is 13.2 Å². The molecule has 4 N–H and O–H groups in total. The number of carbonyl (C=O) groups excluding carboxylic acids is 2. The van der Waals surface area contributed by atoms with Crippen LogP contribution in [0.25, 0.3) is 0 Å². The summed E-state index contributed by atoms with van der Waals surface area (Å²) in [6, 6.07) is 7.25. The average Bonchev–Trinajstić information content (AvgIpc) is 2.54. The first-order valence-electron chi connectivity index (χ1n) is 6.76. The molecular formula is C14H20N2O6. The number of benzene rings is 1. The van der Waals surface area contributed by atoms with E-state index in [9.17, 15) is 9.59 Å². The van der Waals surface area contributed by atoms with Crippen LogP contribution < -0.4 is 10.6 Å². The van der Waals surface area contributed by atoms with E-state index in [2.05, 4.69) is 20.1 Å². The normalized spacial score (nSPS) is 9.91. The van der Waals surface area contributed by atoms with E-state index < -0.39 is 12.2 Å². The molecule has 8 heteroatoms. The number of rotatable bonds is 8. The van der Waals surface area contributed by atoms with E-state index >= 15 is 0 Å². The predicted octanol–water partition coefficient (Wildman–Crippen LogP) is 0.124. The summed E-state index contributed by atoms with van der Waals surface area (Å²) in [7, 11) is 0. The topological polar surface area (TPSA) is 117 Å². The number of aliphatic hydroxyl groups excluding tert-OH is 2. The molecule has 0 bridgehead atoms. The van der Waals surface area contributed by atoms with Crippen LogP contribution in [-0.2, 0) is 22.6 Å². The molecule has 0 aromatic heterocycles. The van der Waals surface area contributed by atoms with Crippen molar-refractivity contribution < 1.29 is 29.3 Å². The third-order valence-corrected chi connectivity index (χ3v) is 2.51. The maximum Gasteiger partial charge on any atom is 0.407 e. The van der Waals surface area contributed by atoms with Gasteiger partial charge in [-0.15, -0.1) is 0 Å². The second-order valence-electron chi connectivity index (χ2n) is 4.25. The van der Waals surface area contributed by atoms with Crippen molar-refractivity contribution in [2.24, 2.45) is 0 Å². The fraction of sp³-hybridized carbons (Fsp3) is 0.429. The minimum Gasteiger partial charge on any atom is -0.447 e. The van der Waals surface area contributed by atoms with E-state index in [1.807, 2.05) is 18.2 Å². The summed E-state index contributed by atoms with van der Waals surface area (Å²) in [6.07, 6.45) is -1.21. The molecule has 1 rings (SSSR count). The highest BCUT2D eigenvalue weighted by Gasteiger charge is 2.04. The Balaban J connectivity index is 2.38. The van der Waals surface area contributed by atoms with Crippen molar-refractivity contribution in [2.45, 2.75) is 13.1 Å². The van der Waals surface area contributed by atoms with Gasteiger partial charge in [0.25, 0.3) is 0 Å². The lowest BCUT2D eigenvalue weighted by molar-refractivity contribution is 0.118. The molecule has 8 nitrogen and oxygen atoms in total. The number of hydrogen-bond acceptors (Lipinski definition) is 6. The minimum atomic E-state index is -0.606. The number of hydrogen-bond donors (Lipinski definition) is 4. The van der Waals surface area contributed by atoms with Crippen LogP contribution >= 0.6 is 0 Å². The number of amides is 2. The SMILES string of the molecule is O=C(NCc1cccc(CNC(=O)OCCO)c1)OCCO. The standard InChI is InChI=1S/C14H20N2O6/c17-4-6-21-13(19)15-9-11-2-1-3-12(8-11)10-16-14(20)22-7-5-18/h1-3,8,17-18H,4-7,9-10H2,(H,15,19)(H,16,20). The number of aliphatic hydroxyl groups is 2. The lowest BCUT2D eigenvalue weighted by Gasteiger charge is -2.09. The van der Waals surface area contributed by atoms with E-state index in [1.165, 1.54) is 0 Å². The second kappa shape index (κ2) is 10.4. The lowest BCUT2D eigenvalue weighted by Crippen LogP contribution is -2.26. The molecule has 0 unspecified atom stereocenters. The first-order chi connectivity index (χ1) is 10.7. The molecule has 1 aromatic rings. The van der Waals surface area contributed by atoms with Crippen molar-refractivity contribution in [1.82, 2.24) is 10.6 Å². The molecule has 0 spiro atoms. The third kappa shape index (κ3) is 7.46. The number of carbonyl (C=O) groups is 2. The summed E-state index contributed by atoms with van der Waals surface area (Å²) in [5.74, 6) is 0. The third-order valence-electron chi connectivity index (χ3n) is 2.51. The summed E-state index contributed by atoms with van der Waals surface area (Å²) in [5, 5.41) is 22.1. The average molecular weight is 312 g/mol. The summed E-state index contributed by atoms with van der Waals surface area (Å²) >= 11 is 0. The zero-order valence-corrected chi connectivity index (χ0v) is 12.1. The molecule has 1 aromatic carbocycles. The molecule has 2 amide bonds. The molecular weight excluding hydrogens is 292 g/mol. The van der Waals surface area contributed by atoms with Crippen LogP contribution in [0, 0.1) is 0 Å². The Morgan fingerprint density at radius 3 is 1.77 bits per heavy atom. The van der Waals surface area contributed by atoms with Gasteiger partial charge in [-0.2, -0.15) is 0 Å². The highest BCUT2D eigenvalue weighted by molar-refractivity contribution is 5.67. The van der Waals surface area contributed by atoms with Gasteiger partial charge in [-0.25, -0.2) is 9.59 Å². The molecule has 0 aliphatic carbocycles. The Morgan fingerprint density at radius 1 is 0.909 bits per heavy atom. The lowest BCUT2D eigenvalue weighted by atomic mass is 10.1. The summed E-state index contributed by atoms with van der Waals surface area (Å²) in [5.41, 5.74) is 1.67. The van der Waals surface area contributed by atoms with Crippen molar-refractivity contribution in [1.29, 1.82) is 0 Å². The molecule has 122 valence electrons. The molecule has 0 aliphatic rings. The molecule has 0 saturated carbocycles. The van der Waals surface area contributed by atoms with Gasteiger partial charge in [0.1, 0.15) is 13.2 Å². The van der Waals surface area contributed by atoms with E-state index in [0.29, 0.717) is 0 Å². The smallest absolute Gasteiger partial charge is 0.407 e. The molecule has 0 aliphatic heterocycles. The summed E-state index contributed by atoms with van der Waals surface area (Å²) in [6.45, 7) is -0.000475. The van der Waals surface area contributed by atoms with Crippen LogP contribution in [0.5, 0.6) is 0 Å². The Hall–Kier alpha value is -2.32. The maximum absolute atomic E-state index is 11.2. The van der Waals surface area contributed by atoms with Gasteiger partial charge >= 0.3 is 12.2 Å². The molecule has 0 radical (unpaired) electrons. The van der Waals surface area contributed by atoms with Crippen LogP contribution in [0.1, 0.15) is 11.1 Å². The van der Waals surface area contributed by atoms with Gasteiger partial charge in [0.15, 0.2) is 0 Å². The molecule has 0 atom stereocenters. The fourth-order valence-electron chi connectivity index (χ4n) is 1.58. The van der Waals surface area contributed by atoms with Gasteiger partial charge in [0, 0.05) is 13.1 Å². The van der Waals surface area contributed by atoms with E-state index in [0.717, 1.165) is 11.1 Å². The molecule has 0 saturated heterocycles. The Bertz CT molecular complexity index is 441. The van der Waals surface area contributed by atoms with Crippen LogP contribution in [0.4, 0.5) is 9.59 Å². The summed E-state index contributed by atoms with van der Waals surface area (Å²) < 4.78 is 9.33. The van der Waals surface area contributed by atoms with Gasteiger partial charge in [-0.05, 0) is 11.1 Å². The Labute approximate surface area is 128 Å². The molecule has 0 heterocycles. The van der Waals surface area contributed by atoms with Crippen LogP contribution in [0.2, 0.25) is 0 Å². The maximum atomic E-state index is 11.2. The number of alkyl carbamates (subject to hydrolysis) is 2. The monoisotopic (exact) mass is 312 g/mol. The Morgan fingerprint density at radius 2 is 1.36 bits per heavy atom. The second-order valence-corrected chi connectivity index (χ2v) is 4.25. The number of nitrogens with one attached hydrogen (secondary N) is 2. The van der Waals surface area contributed by atoms with Crippen molar-refractivity contribution in [2.75, 3.05) is 26.4 Å². The largest absolute Gasteiger partial charge is 0.447 e. The highest BCUT2D eigenvalue weighted by atomic mass is 16.6. The van der Waals surface area contributed by atoms with Gasteiger partial charge < -0.3 is 30.3 Å². The first-order valence-corrected chi connectivity index (χ1v) is 6.76. The van der Waals surface area contributed by atoms with Gasteiger partial charge in [0.2, 0.25) is 0 Å². The summed E-state index contributed by atoms with van der Waals surface area (Å²) in [4.78, 5) is 22.5. The fourth-order valence-corrected chi connectivity index (χ4v) is 1.58. The van der Waals surface area contributed by atoms with Crippen LogP contribution in [0.15, 0.2) is 24.3 Å². The minimum absolute atomic E-state index is 0.0499. The quantitative estimate of drug-likeness (QED) is 0.542. The predicted molar refractivity (Wildman–Crippen MR) is 77.0 cm³/mol. The van der Waals surface area contributed by atoms with E-state index in [4.69, 9.17) is 10.2 Å². The highest BCUT2D eigenvalue weighted by Crippen LogP contribution is 2.05.